The van der Waals surface area contributed by atoms with Crippen molar-refractivity contribution in [2.75, 3.05) is 13.2 Å². The molecule has 0 aromatic heterocycles. The topological polar surface area (TPSA) is 58.6 Å². The van der Waals surface area contributed by atoms with E-state index in [-0.39, 0.29) is 6.10 Å². The fourth-order valence-corrected chi connectivity index (χ4v) is 1.84. The van der Waals surface area contributed by atoms with Crippen LogP contribution in [-0.4, -0.2) is 35.9 Å². The summed E-state index contributed by atoms with van der Waals surface area (Å²) in [6.45, 7) is 9.27. The van der Waals surface area contributed by atoms with Gasteiger partial charge in [-0.15, -0.1) is 0 Å². The number of hydrogen-bond donors (Lipinski definition) is 2. The van der Waals surface area contributed by atoms with Gasteiger partial charge in [-0.25, -0.2) is 0 Å². The molecular formula is C13H27NO3. The Morgan fingerprint density at radius 3 is 2.47 bits per heavy atom. The van der Waals surface area contributed by atoms with E-state index < -0.39 is 11.5 Å². The zero-order valence-corrected chi connectivity index (χ0v) is 11.6. The monoisotopic (exact) mass is 245 g/mol. The summed E-state index contributed by atoms with van der Waals surface area (Å²) in [4.78, 5) is 11.3. The molecule has 0 radical (unpaired) electrons. The molecule has 0 rings (SSSR count). The Hall–Kier alpha value is -0.610. The van der Waals surface area contributed by atoms with Crippen molar-refractivity contribution in [3.8, 4) is 0 Å². The van der Waals surface area contributed by atoms with Crippen LogP contribution in [0.4, 0.5) is 0 Å². The number of ether oxygens (including phenoxy) is 1. The molecule has 0 aliphatic rings. The molecule has 2 N–H and O–H groups in total. The summed E-state index contributed by atoms with van der Waals surface area (Å²) in [5.41, 5.74) is -0.784. The molecule has 0 aliphatic carbocycles. The molecule has 0 heterocycles. The fourth-order valence-electron chi connectivity index (χ4n) is 1.84. The third kappa shape index (κ3) is 5.50. The van der Waals surface area contributed by atoms with Gasteiger partial charge in [-0.1, -0.05) is 20.8 Å². The minimum Gasteiger partial charge on any atom is -0.480 e. The van der Waals surface area contributed by atoms with E-state index in [1.54, 1.807) is 0 Å². The highest BCUT2D eigenvalue weighted by Gasteiger charge is 2.34. The second-order valence-corrected chi connectivity index (χ2v) is 4.46. The number of nitrogens with one attached hydrogen (secondary N) is 1. The maximum Gasteiger partial charge on any atom is 0.323 e. The third-order valence-electron chi connectivity index (χ3n) is 3.25. The third-order valence-corrected chi connectivity index (χ3v) is 3.25. The van der Waals surface area contributed by atoms with E-state index >= 15 is 0 Å². The molecule has 4 heteroatoms. The van der Waals surface area contributed by atoms with Crippen LogP contribution in [0, 0.1) is 0 Å². The van der Waals surface area contributed by atoms with Gasteiger partial charge < -0.3 is 15.2 Å². The van der Waals surface area contributed by atoms with Crippen molar-refractivity contribution in [2.45, 2.75) is 65.0 Å². The van der Waals surface area contributed by atoms with Crippen molar-refractivity contribution in [3.05, 3.63) is 0 Å². The Kier molecular flexibility index (Phi) is 8.17. The van der Waals surface area contributed by atoms with Crippen molar-refractivity contribution in [1.29, 1.82) is 0 Å². The molecule has 0 fully saturated rings. The van der Waals surface area contributed by atoms with Gasteiger partial charge in [0.05, 0.1) is 6.10 Å². The van der Waals surface area contributed by atoms with E-state index in [4.69, 9.17) is 4.74 Å². The summed E-state index contributed by atoms with van der Waals surface area (Å²) in [5.74, 6) is -0.759. The molecule has 102 valence electrons. The normalized spacial score (nSPS) is 16.5. The average molecular weight is 245 g/mol. The van der Waals surface area contributed by atoms with Gasteiger partial charge in [0.15, 0.2) is 0 Å². The van der Waals surface area contributed by atoms with E-state index in [0.717, 1.165) is 12.8 Å². The Labute approximate surface area is 105 Å². The molecule has 4 nitrogen and oxygen atoms in total. The van der Waals surface area contributed by atoms with E-state index in [0.29, 0.717) is 26.0 Å². The van der Waals surface area contributed by atoms with Crippen LogP contribution in [0.3, 0.4) is 0 Å². The maximum atomic E-state index is 11.3. The lowest BCUT2D eigenvalue weighted by molar-refractivity contribution is -0.145. The van der Waals surface area contributed by atoms with Gasteiger partial charge in [0, 0.05) is 6.61 Å². The van der Waals surface area contributed by atoms with Gasteiger partial charge in [0.1, 0.15) is 5.54 Å². The number of aliphatic carboxylic acids is 1. The van der Waals surface area contributed by atoms with Gasteiger partial charge in [-0.3, -0.25) is 4.79 Å². The standard InChI is InChI=1S/C13H27NO3/c1-5-11(4)17-10-8-9-13(6-2,12(15)16)14-7-3/h11,14H,5-10H2,1-4H3,(H,15,16). The number of hydrogen-bond acceptors (Lipinski definition) is 3. The first-order chi connectivity index (χ1) is 8.02. The molecule has 2 unspecified atom stereocenters. The predicted octanol–water partition coefficient (Wildman–Crippen LogP) is 2.42. The van der Waals surface area contributed by atoms with Gasteiger partial charge in [0.2, 0.25) is 0 Å². The highest BCUT2D eigenvalue weighted by molar-refractivity contribution is 5.78. The minimum absolute atomic E-state index is 0.259. The molecule has 0 saturated heterocycles. The van der Waals surface area contributed by atoms with Gasteiger partial charge >= 0.3 is 5.97 Å². The van der Waals surface area contributed by atoms with Crippen LogP contribution >= 0.6 is 0 Å². The average Bonchev–Trinajstić information content (AvgIpc) is 2.32. The summed E-state index contributed by atoms with van der Waals surface area (Å²) in [6, 6.07) is 0. The minimum atomic E-state index is -0.784. The van der Waals surface area contributed by atoms with Crippen molar-refractivity contribution in [2.24, 2.45) is 0 Å². The van der Waals surface area contributed by atoms with Crippen LogP contribution in [0.25, 0.3) is 0 Å². The smallest absolute Gasteiger partial charge is 0.323 e. The fraction of sp³-hybridized carbons (Fsp3) is 0.923. The first kappa shape index (κ1) is 16.4. The number of carboxylic acid groups (broad SMARTS) is 1. The molecule has 0 spiro atoms. The van der Waals surface area contributed by atoms with Crippen molar-refractivity contribution in [3.63, 3.8) is 0 Å². The number of carboxylic acids is 1. The summed E-state index contributed by atoms with van der Waals surface area (Å²) >= 11 is 0. The van der Waals surface area contributed by atoms with Crippen LogP contribution in [-0.2, 0) is 9.53 Å². The van der Waals surface area contributed by atoms with E-state index in [1.807, 2.05) is 20.8 Å². The van der Waals surface area contributed by atoms with Crippen LogP contribution in [0.2, 0.25) is 0 Å². The second kappa shape index (κ2) is 8.48. The number of likely N-dealkylation sites (N-methyl/N-ethyl adjacent to an activating group) is 1. The molecule has 0 aromatic carbocycles. The van der Waals surface area contributed by atoms with Crippen LogP contribution in [0.15, 0.2) is 0 Å². The second-order valence-electron chi connectivity index (χ2n) is 4.46. The summed E-state index contributed by atoms with van der Waals surface area (Å²) in [6.07, 6.45) is 3.24. The molecule has 17 heavy (non-hydrogen) atoms. The zero-order valence-electron chi connectivity index (χ0n) is 11.6. The Balaban J connectivity index is 4.12. The van der Waals surface area contributed by atoms with Crippen LogP contribution < -0.4 is 5.32 Å². The summed E-state index contributed by atoms with van der Waals surface area (Å²) < 4.78 is 5.57. The predicted molar refractivity (Wildman–Crippen MR) is 69.3 cm³/mol. The zero-order chi connectivity index (χ0) is 13.3. The van der Waals surface area contributed by atoms with E-state index in [9.17, 15) is 9.90 Å². The Morgan fingerprint density at radius 2 is 2.06 bits per heavy atom. The maximum absolute atomic E-state index is 11.3. The molecule has 2 atom stereocenters. The lowest BCUT2D eigenvalue weighted by Crippen LogP contribution is -2.51. The van der Waals surface area contributed by atoms with E-state index in [2.05, 4.69) is 12.2 Å². The number of rotatable bonds is 10. The lowest BCUT2D eigenvalue weighted by atomic mass is 9.90. The number of carbonyl (C=O) groups is 1. The first-order valence-corrected chi connectivity index (χ1v) is 6.62. The highest BCUT2D eigenvalue weighted by atomic mass is 16.5. The SMILES string of the molecule is CCNC(CC)(CCCOC(C)CC)C(=O)O. The lowest BCUT2D eigenvalue weighted by Gasteiger charge is -2.29. The van der Waals surface area contributed by atoms with Crippen molar-refractivity contribution >= 4 is 5.97 Å². The van der Waals surface area contributed by atoms with Crippen LogP contribution in [0.1, 0.15) is 53.4 Å². The largest absolute Gasteiger partial charge is 0.480 e. The van der Waals surface area contributed by atoms with Crippen molar-refractivity contribution in [1.82, 2.24) is 5.32 Å². The summed E-state index contributed by atoms with van der Waals surface area (Å²) in [5, 5.41) is 12.4. The first-order valence-electron chi connectivity index (χ1n) is 6.62. The molecule has 0 aromatic rings. The molecule has 0 amide bonds. The molecule has 0 saturated carbocycles. The van der Waals surface area contributed by atoms with E-state index in [1.165, 1.54) is 0 Å². The van der Waals surface area contributed by atoms with Gasteiger partial charge in [-0.05, 0) is 39.2 Å². The molecule has 0 bridgehead atoms. The van der Waals surface area contributed by atoms with Gasteiger partial charge in [-0.2, -0.15) is 0 Å². The quantitative estimate of drug-likeness (QED) is 0.580. The van der Waals surface area contributed by atoms with Crippen molar-refractivity contribution < 1.29 is 14.6 Å². The summed E-state index contributed by atoms with van der Waals surface area (Å²) in [7, 11) is 0. The molecule has 0 aliphatic heterocycles. The van der Waals surface area contributed by atoms with Crippen LogP contribution in [0.5, 0.6) is 0 Å². The Bertz CT molecular complexity index is 221. The molecular weight excluding hydrogens is 218 g/mol. The van der Waals surface area contributed by atoms with Gasteiger partial charge in [0.25, 0.3) is 0 Å². The highest BCUT2D eigenvalue weighted by Crippen LogP contribution is 2.18. The Morgan fingerprint density at radius 1 is 1.41 bits per heavy atom.